The summed E-state index contributed by atoms with van der Waals surface area (Å²) in [6.07, 6.45) is 4.26. The molecule has 3 atom stereocenters. The van der Waals surface area contributed by atoms with Crippen LogP contribution in [0.3, 0.4) is 0 Å². The number of amides is 1. The van der Waals surface area contributed by atoms with E-state index in [1.165, 1.54) is 12.0 Å². The Bertz CT molecular complexity index is 773. The zero-order valence-corrected chi connectivity index (χ0v) is 19.0. The second-order valence-corrected chi connectivity index (χ2v) is 10.3. The van der Waals surface area contributed by atoms with Crippen molar-refractivity contribution in [2.75, 3.05) is 18.0 Å². The van der Waals surface area contributed by atoms with Gasteiger partial charge in [0.15, 0.2) is 0 Å². The minimum Gasteiger partial charge on any atom is -0.444 e. The molecule has 7 heteroatoms. The zero-order valence-electron chi connectivity index (χ0n) is 18.2. The molecular formula is C23H34ClN3O3. The summed E-state index contributed by atoms with van der Waals surface area (Å²) in [4.78, 5) is 17.1. The summed E-state index contributed by atoms with van der Waals surface area (Å²) in [6, 6.07) is 7.08. The van der Waals surface area contributed by atoms with Gasteiger partial charge in [-0.1, -0.05) is 23.7 Å². The highest BCUT2D eigenvalue weighted by Crippen LogP contribution is 2.41. The van der Waals surface area contributed by atoms with Crippen LogP contribution in [0.1, 0.15) is 58.4 Å². The average Bonchev–Trinajstić information content (AvgIpc) is 3.17. The normalized spacial score (nSPS) is 27.5. The Balaban J connectivity index is 1.46. The number of hydrogen-bond donors (Lipinski definition) is 2. The number of halogens is 1. The molecule has 3 aliphatic rings. The number of nitrogens with one attached hydrogen (secondary N) is 1. The van der Waals surface area contributed by atoms with E-state index in [-0.39, 0.29) is 18.2 Å². The molecule has 0 spiro atoms. The molecule has 3 saturated heterocycles. The van der Waals surface area contributed by atoms with Gasteiger partial charge in [0.25, 0.3) is 0 Å². The van der Waals surface area contributed by atoms with Crippen LogP contribution in [0.5, 0.6) is 0 Å². The summed E-state index contributed by atoms with van der Waals surface area (Å²) in [6.45, 7) is 8.15. The minimum atomic E-state index is -0.487. The molecule has 1 amide bonds. The number of ether oxygens (including phenoxy) is 1. The van der Waals surface area contributed by atoms with Gasteiger partial charge in [-0.25, -0.2) is 4.79 Å². The van der Waals surface area contributed by atoms with Gasteiger partial charge in [0.2, 0.25) is 0 Å². The van der Waals surface area contributed by atoms with E-state index in [0.717, 1.165) is 56.0 Å². The van der Waals surface area contributed by atoms with E-state index in [0.29, 0.717) is 12.1 Å². The van der Waals surface area contributed by atoms with Crippen molar-refractivity contribution in [2.24, 2.45) is 0 Å². The first-order valence-electron chi connectivity index (χ1n) is 11.2. The molecule has 0 unspecified atom stereocenters. The number of para-hydroxylation sites is 1. The molecule has 166 valence electrons. The van der Waals surface area contributed by atoms with Gasteiger partial charge in [-0.15, -0.1) is 0 Å². The van der Waals surface area contributed by atoms with E-state index in [4.69, 9.17) is 16.3 Å². The van der Waals surface area contributed by atoms with Crippen molar-refractivity contribution in [3.63, 3.8) is 0 Å². The third-order valence-corrected chi connectivity index (χ3v) is 6.89. The summed E-state index contributed by atoms with van der Waals surface area (Å²) < 4.78 is 5.47. The highest BCUT2D eigenvalue weighted by Gasteiger charge is 2.47. The van der Waals surface area contributed by atoms with Crippen LogP contribution in [0.25, 0.3) is 0 Å². The molecular weight excluding hydrogens is 402 g/mol. The number of aliphatic hydroxyl groups is 1. The van der Waals surface area contributed by atoms with E-state index < -0.39 is 5.60 Å². The predicted molar refractivity (Wildman–Crippen MR) is 119 cm³/mol. The van der Waals surface area contributed by atoms with Crippen molar-refractivity contribution < 1.29 is 14.6 Å². The number of anilines is 1. The highest BCUT2D eigenvalue weighted by molar-refractivity contribution is 6.33. The number of hydrogen-bond acceptors (Lipinski definition) is 5. The standard InChI is InChI=1S/C23H34ClN3O3/c1-23(2,3)30-22(29)25-19-13-16-7-8-20(19)27(16)14-15-5-4-6-18(24)21(15)26-11-9-17(28)10-12-26/h4-6,16-17,19-20,28H,7-14H2,1-3H3,(H,25,29)/t16-,19+,20+/m1/s1. The third-order valence-electron chi connectivity index (χ3n) is 6.59. The van der Waals surface area contributed by atoms with Gasteiger partial charge in [-0.05, 0) is 64.5 Å². The quantitative estimate of drug-likeness (QED) is 0.750. The van der Waals surface area contributed by atoms with Gasteiger partial charge in [-0.2, -0.15) is 0 Å². The molecule has 2 N–H and O–H groups in total. The Hall–Kier alpha value is -1.50. The summed E-state index contributed by atoms with van der Waals surface area (Å²) in [5, 5.41) is 13.8. The van der Waals surface area contributed by atoms with E-state index in [1.807, 2.05) is 32.9 Å². The molecule has 30 heavy (non-hydrogen) atoms. The van der Waals surface area contributed by atoms with E-state index in [2.05, 4.69) is 21.2 Å². The van der Waals surface area contributed by atoms with Gasteiger partial charge in [0, 0.05) is 37.8 Å². The fraction of sp³-hybridized carbons (Fsp3) is 0.696. The maximum atomic E-state index is 12.3. The molecule has 1 aromatic carbocycles. The summed E-state index contributed by atoms with van der Waals surface area (Å²) in [7, 11) is 0. The lowest BCUT2D eigenvalue weighted by Gasteiger charge is -2.34. The lowest BCUT2D eigenvalue weighted by atomic mass is 9.96. The van der Waals surface area contributed by atoms with Crippen LogP contribution in [-0.2, 0) is 11.3 Å². The Morgan fingerprint density at radius 2 is 1.97 bits per heavy atom. The smallest absolute Gasteiger partial charge is 0.407 e. The number of carbonyl (C=O) groups is 1. The molecule has 1 aromatic rings. The first-order valence-corrected chi connectivity index (χ1v) is 11.5. The second kappa shape index (κ2) is 8.56. The molecule has 0 radical (unpaired) electrons. The predicted octanol–water partition coefficient (Wildman–Crippen LogP) is 3.93. The van der Waals surface area contributed by atoms with Crippen LogP contribution in [0.2, 0.25) is 5.02 Å². The molecule has 4 rings (SSSR count). The molecule has 3 fully saturated rings. The van der Waals surface area contributed by atoms with Crippen molar-refractivity contribution in [3.05, 3.63) is 28.8 Å². The van der Waals surface area contributed by atoms with Crippen molar-refractivity contribution in [1.29, 1.82) is 0 Å². The monoisotopic (exact) mass is 435 g/mol. The highest BCUT2D eigenvalue weighted by atomic mass is 35.5. The number of aliphatic hydroxyl groups excluding tert-OH is 1. The first kappa shape index (κ1) is 21.7. The topological polar surface area (TPSA) is 65.0 Å². The molecule has 6 nitrogen and oxygen atoms in total. The number of rotatable bonds is 4. The summed E-state index contributed by atoms with van der Waals surface area (Å²) >= 11 is 6.64. The number of carbonyl (C=O) groups excluding carboxylic acids is 1. The number of piperidine rings is 1. The summed E-state index contributed by atoms with van der Waals surface area (Å²) in [5.41, 5.74) is 1.85. The molecule has 0 saturated carbocycles. The van der Waals surface area contributed by atoms with Gasteiger partial charge in [-0.3, -0.25) is 4.90 Å². The molecule has 2 bridgehead atoms. The molecule has 3 aliphatic heterocycles. The maximum absolute atomic E-state index is 12.3. The minimum absolute atomic E-state index is 0.131. The fourth-order valence-corrected chi connectivity index (χ4v) is 5.60. The van der Waals surface area contributed by atoms with Crippen LogP contribution in [-0.4, -0.2) is 59.0 Å². The Kier molecular flexibility index (Phi) is 6.20. The van der Waals surface area contributed by atoms with Crippen LogP contribution in [0, 0.1) is 0 Å². The van der Waals surface area contributed by atoms with Crippen LogP contribution in [0.15, 0.2) is 18.2 Å². The lowest BCUT2D eigenvalue weighted by molar-refractivity contribution is 0.0491. The molecule has 0 aromatic heterocycles. The lowest BCUT2D eigenvalue weighted by Crippen LogP contribution is -2.45. The van der Waals surface area contributed by atoms with E-state index in [1.54, 1.807) is 0 Å². The Morgan fingerprint density at radius 1 is 1.23 bits per heavy atom. The maximum Gasteiger partial charge on any atom is 0.407 e. The molecule has 0 aliphatic carbocycles. The number of fused-ring (bicyclic) bond motifs is 2. The SMILES string of the molecule is CC(C)(C)OC(=O)N[C@H]1C[C@H]2CC[C@@H]1N2Cc1cccc(Cl)c1N1CCC(O)CC1. The van der Waals surface area contributed by atoms with E-state index >= 15 is 0 Å². The van der Waals surface area contributed by atoms with Crippen molar-refractivity contribution in [2.45, 2.75) is 89.3 Å². The van der Waals surface area contributed by atoms with Crippen molar-refractivity contribution in [3.8, 4) is 0 Å². The van der Waals surface area contributed by atoms with Crippen molar-refractivity contribution in [1.82, 2.24) is 10.2 Å². The van der Waals surface area contributed by atoms with Crippen LogP contribution in [0.4, 0.5) is 10.5 Å². The first-order chi connectivity index (χ1) is 14.2. The van der Waals surface area contributed by atoms with Crippen LogP contribution >= 0.6 is 11.6 Å². The Morgan fingerprint density at radius 3 is 2.67 bits per heavy atom. The van der Waals surface area contributed by atoms with Gasteiger partial charge in [0.1, 0.15) is 5.60 Å². The number of nitrogens with zero attached hydrogens (tertiary/aromatic N) is 2. The van der Waals surface area contributed by atoms with Crippen molar-refractivity contribution >= 4 is 23.4 Å². The van der Waals surface area contributed by atoms with Gasteiger partial charge >= 0.3 is 6.09 Å². The zero-order chi connectivity index (χ0) is 21.5. The Labute approximate surface area is 184 Å². The second-order valence-electron chi connectivity index (χ2n) is 9.93. The molecule has 3 heterocycles. The number of benzene rings is 1. The fourth-order valence-electron chi connectivity index (χ4n) is 5.29. The van der Waals surface area contributed by atoms with Crippen LogP contribution < -0.4 is 10.2 Å². The van der Waals surface area contributed by atoms with E-state index in [9.17, 15) is 9.90 Å². The number of alkyl carbamates (subject to hydrolysis) is 1. The third kappa shape index (κ3) is 4.71. The average molecular weight is 436 g/mol. The summed E-state index contributed by atoms with van der Waals surface area (Å²) in [5.74, 6) is 0. The van der Waals surface area contributed by atoms with Gasteiger partial charge in [0.05, 0.1) is 16.8 Å². The largest absolute Gasteiger partial charge is 0.444 e. The van der Waals surface area contributed by atoms with Gasteiger partial charge < -0.3 is 20.1 Å².